The van der Waals surface area contributed by atoms with Crippen molar-refractivity contribution in [1.29, 1.82) is 0 Å². The van der Waals surface area contributed by atoms with Crippen molar-refractivity contribution in [3.05, 3.63) is 11.1 Å². The fourth-order valence-corrected chi connectivity index (χ4v) is 1.80. The van der Waals surface area contributed by atoms with E-state index in [2.05, 4.69) is 18.6 Å². The van der Waals surface area contributed by atoms with E-state index in [0.29, 0.717) is 23.6 Å². The quantitative estimate of drug-likeness (QED) is 0.657. The molecule has 1 rings (SSSR count). The first-order valence-electron chi connectivity index (χ1n) is 6.67. The van der Waals surface area contributed by atoms with Crippen LogP contribution >= 0.6 is 0 Å². The van der Waals surface area contributed by atoms with Crippen molar-refractivity contribution in [2.24, 2.45) is 17.6 Å². The summed E-state index contributed by atoms with van der Waals surface area (Å²) in [6, 6.07) is 0. The second kappa shape index (κ2) is 8.71. The Hall–Kier alpha value is -1.40. The highest BCUT2D eigenvalue weighted by Gasteiger charge is 2.25. The van der Waals surface area contributed by atoms with Gasteiger partial charge in [0.1, 0.15) is 0 Å². The van der Waals surface area contributed by atoms with Crippen molar-refractivity contribution < 1.29 is 24.5 Å². The van der Waals surface area contributed by atoms with E-state index in [-0.39, 0.29) is 12.3 Å². The minimum absolute atomic E-state index is 0.146. The monoisotopic (exact) mass is 287 g/mol. The van der Waals surface area contributed by atoms with Crippen LogP contribution in [0.25, 0.3) is 0 Å². The molecule has 0 radical (unpaired) electrons. The van der Waals surface area contributed by atoms with E-state index in [1.807, 2.05) is 0 Å². The summed E-state index contributed by atoms with van der Waals surface area (Å²) < 4.78 is 4.43. The number of aliphatic hydroxyl groups is 1. The maximum atomic E-state index is 10.6. The predicted molar refractivity (Wildman–Crippen MR) is 74.7 cm³/mol. The first-order chi connectivity index (χ1) is 9.18. The van der Waals surface area contributed by atoms with Gasteiger partial charge in [0.2, 0.25) is 6.29 Å². The van der Waals surface area contributed by atoms with Gasteiger partial charge in [-0.2, -0.15) is 0 Å². The molecule has 2 atom stereocenters. The molecule has 0 saturated carbocycles. The van der Waals surface area contributed by atoms with Crippen LogP contribution in [-0.4, -0.2) is 35.0 Å². The van der Waals surface area contributed by atoms with Gasteiger partial charge in [0.15, 0.2) is 0 Å². The van der Waals surface area contributed by atoms with Crippen molar-refractivity contribution in [2.75, 3.05) is 6.54 Å². The number of esters is 1. The molecule has 0 aromatic carbocycles. The van der Waals surface area contributed by atoms with Crippen LogP contribution in [0.15, 0.2) is 11.1 Å². The highest BCUT2D eigenvalue weighted by Crippen LogP contribution is 2.18. The Balaban J connectivity index is 0.000000367. The second-order valence-corrected chi connectivity index (χ2v) is 5.39. The zero-order valence-electron chi connectivity index (χ0n) is 12.5. The molecule has 0 spiro atoms. The summed E-state index contributed by atoms with van der Waals surface area (Å²) in [5, 5.41) is 17.3. The van der Waals surface area contributed by atoms with Crippen LogP contribution in [0.1, 0.15) is 40.5 Å². The Labute approximate surface area is 119 Å². The van der Waals surface area contributed by atoms with Gasteiger partial charge in [-0.1, -0.05) is 13.8 Å². The van der Waals surface area contributed by atoms with Gasteiger partial charge in [-0.25, -0.2) is 4.79 Å². The Morgan fingerprint density at radius 2 is 1.95 bits per heavy atom. The molecule has 1 aliphatic heterocycles. The smallest absolute Gasteiger partial charge is 0.336 e. The van der Waals surface area contributed by atoms with Gasteiger partial charge in [-0.15, -0.1) is 0 Å². The number of aliphatic carboxylic acids is 1. The van der Waals surface area contributed by atoms with E-state index in [9.17, 15) is 9.59 Å². The minimum atomic E-state index is -1.00. The number of rotatable bonds is 5. The summed E-state index contributed by atoms with van der Waals surface area (Å²) in [4.78, 5) is 20.8. The van der Waals surface area contributed by atoms with Gasteiger partial charge in [-0.3, -0.25) is 4.79 Å². The predicted octanol–water partition coefficient (Wildman–Crippen LogP) is 1.28. The zero-order chi connectivity index (χ0) is 15.9. The molecule has 0 amide bonds. The summed E-state index contributed by atoms with van der Waals surface area (Å²) in [5.74, 6) is -0.489. The molecule has 0 aromatic heterocycles. The van der Waals surface area contributed by atoms with Gasteiger partial charge in [0, 0.05) is 17.6 Å². The van der Waals surface area contributed by atoms with Gasteiger partial charge in [0.05, 0.1) is 0 Å². The zero-order valence-corrected chi connectivity index (χ0v) is 12.5. The number of hydrogen-bond acceptors (Lipinski definition) is 5. The summed E-state index contributed by atoms with van der Waals surface area (Å²) >= 11 is 0. The first kappa shape index (κ1) is 18.6. The van der Waals surface area contributed by atoms with Crippen molar-refractivity contribution in [1.82, 2.24) is 0 Å². The number of carbonyl (C=O) groups is 2. The van der Waals surface area contributed by atoms with Crippen LogP contribution in [0.2, 0.25) is 0 Å². The average Bonchev–Trinajstić information content (AvgIpc) is 2.55. The number of ether oxygens (including phenoxy) is 1. The molecule has 20 heavy (non-hydrogen) atoms. The summed E-state index contributed by atoms with van der Waals surface area (Å²) in [5.41, 5.74) is 6.53. The summed E-state index contributed by atoms with van der Waals surface area (Å²) in [7, 11) is 0. The molecule has 0 fully saturated rings. The third-order valence-corrected chi connectivity index (χ3v) is 3.09. The highest BCUT2D eigenvalue weighted by atomic mass is 16.6. The Bertz CT molecular complexity index is 376. The largest absolute Gasteiger partial charge is 0.481 e. The van der Waals surface area contributed by atoms with Crippen molar-refractivity contribution in [3.63, 3.8) is 0 Å². The van der Waals surface area contributed by atoms with Crippen LogP contribution in [-0.2, 0) is 14.3 Å². The molecular formula is C14H25NO5. The molecule has 0 aliphatic carbocycles. The molecular weight excluding hydrogens is 262 g/mol. The molecule has 1 heterocycles. The maximum Gasteiger partial charge on any atom is 0.336 e. The van der Waals surface area contributed by atoms with Crippen molar-refractivity contribution in [2.45, 2.75) is 46.8 Å². The number of nitrogens with two attached hydrogens (primary N) is 1. The number of carboxylic acids is 1. The topological polar surface area (TPSA) is 110 Å². The van der Waals surface area contributed by atoms with E-state index in [1.165, 1.54) is 0 Å². The molecule has 116 valence electrons. The Morgan fingerprint density at radius 3 is 2.15 bits per heavy atom. The fraction of sp³-hybridized carbons (Fsp3) is 0.714. The summed E-state index contributed by atoms with van der Waals surface area (Å²) in [6.07, 6.45) is 0.106. The fourth-order valence-electron chi connectivity index (χ4n) is 1.80. The van der Waals surface area contributed by atoms with Gasteiger partial charge < -0.3 is 20.7 Å². The third kappa shape index (κ3) is 6.68. The van der Waals surface area contributed by atoms with Crippen molar-refractivity contribution in [3.8, 4) is 0 Å². The number of cyclic esters (lactones) is 1. The van der Waals surface area contributed by atoms with Crippen LogP contribution in [0, 0.1) is 11.8 Å². The molecule has 0 aromatic rings. The highest BCUT2D eigenvalue weighted by molar-refractivity contribution is 5.91. The molecule has 0 saturated heterocycles. The van der Waals surface area contributed by atoms with E-state index in [1.54, 1.807) is 13.8 Å². The normalized spacial score (nSPS) is 19.6. The second-order valence-electron chi connectivity index (χ2n) is 5.39. The first-order valence-corrected chi connectivity index (χ1v) is 6.67. The minimum Gasteiger partial charge on any atom is -0.481 e. The lowest BCUT2D eigenvalue weighted by Gasteiger charge is -2.13. The van der Waals surface area contributed by atoms with E-state index in [0.717, 1.165) is 6.42 Å². The van der Waals surface area contributed by atoms with Crippen LogP contribution < -0.4 is 5.73 Å². The van der Waals surface area contributed by atoms with Gasteiger partial charge >= 0.3 is 11.9 Å². The molecule has 1 aliphatic rings. The van der Waals surface area contributed by atoms with Crippen LogP contribution in [0.5, 0.6) is 0 Å². The van der Waals surface area contributed by atoms with Gasteiger partial charge in [-0.05, 0) is 38.6 Å². The third-order valence-electron chi connectivity index (χ3n) is 3.09. The lowest BCUT2D eigenvalue weighted by atomic mass is 9.94. The lowest BCUT2D eigenvalue weighted by molar-refractivity contribution is -0.152. The Kier molecular flexibility index (Phi) is 8.10. The average molecular weight is 287 g/mol. The number of hydrogen-bond donors (Lipinski definition) is 3. The van der Waals surface area contributed by atoms with E-state index >= 15 is 0 Å². The van der Waals surface area contributed by atoms with Crippen molar-refractivity contribution >= 4 is 11.9 Å². The maximum absolute atomic E-state index is 10.6. The van der Waals surface area contributed by atoms with Gasteiger partial charge in [0.25, 0.3) is 0 Å². The van der Waals surface area contributed by atoms with E-state index in [4.69, 9.17) is 15.9 Å². The number of carbonyl (C=O) groups excluding carboxylic acids is 1. The van der Waals surface area contributed by atoms with Crippen LogP contribution in [0.3, 0.4) is 0 Å². The lowest BCUT2D eigenvalue weighted by Crippen LogP contribution is -2.19. The molecule has 6 heteroatoms. The molecule has 2 unspecified atom stereocenters. The Morgan fingerprint density at radius 1 is 1.40 bits per heavy atom. The number of carboxylic acid groups (broad SMARTS) is 1. The van der Waals surface area contributed by atoms with Crippen LogP contribution in [0.4, 0.5) is 0 Å². The molecule has 6 nitrogen and oxygen atoms in total. The number of aliphatic hydroxyl groups excluding tert-OH is 1. The molecule has 0 bridgehead atoms. The molecule has 4 N–H and O–H groups in total. The standard InChI is InChI=1S/C8H17NO2.C6H8O3/c1-6(2)3-7(5-9)4-8(10)11;1-3-4(2)6(8)9-5(3)7/h6-7H,3-5,9H2,1-2H3,(H,10,11);5,7H,1-2H3. The summed E-state index contributed by atoms with van der Waals surface area (Å²) in [6.45, 7) is 7.93. The SMILES string of the molecule is CC(C)CC(CN)CC(=O)O.CC1=C(C)C(O)OC1=O. The van der Waals surface area contributed by atoms with E-state index < -0.39 is 18.2 Å².